The molecule has 0 fully saturated rings. The van der Waals surface area contributed by atoms with Crippen molar-refractivity contribution in [3.8, 4) is 0 Å². The van der Waals surface area contributed by atoms with Crippen LogP contribution in [0.4, 0.5) is 5.69 Å². The molecule has 6 heteroatoms. The van der Waals surface area contributed by atoms with Crippen LogP contribution in [-0.4, -0.2) is 4.92 Å². The molecule has 104 valence electrons. The largest absolute Gasteiger partial charge is 0.272 e. The van der Waals surface area contributed by atoms with Gasteiger partial charge in [-0.05, 0) is 24.1 Å². The van der Waals surface area contributed by atoms with E-state index < -0.39 is 0 Å². The number of nitro benzene ring substituents is 1. The molecule has 0 N–H and O–H groups in total. The molecule has 0 saturated carbocycles. The van der Waals surface area contributed by atoms with Crippen molar-refractivity contribution >= 4 is 53.5 Å². The van der Waals surface area contributed by atoms with E-state index in [2.05, 4.69) is 47.8 Å². The molecule has 2 aromatic rings. The van der Waals surface area contributed by atoms with E-state index in [-0.39, 0.29) is 15.4 Å². The second kappa shape index (κ2) is 6.83. The molecular formula is C14H10Br3NO2. The zero-order valence-corrected chi connectivity index (χ0v) is 15.0. The average Bonchev–Trinajstić information content (AvgIpc) is 2.38. The molecule has 1 unspecified atom stereocenters. The SMILES string of the molecule is O=[N+]([O-])c1ccccc1CC(Br)c1ccc(Br)cc1Br. The summed E-state index contributed by atoms with van der Waals surface area (Å²) < 4.78 is 1.95. The minimum absolute atomic E-state index is 0.00562. The van der Waals surface area contributed by atoms with Crippen molar-refractivity contribution in [2.75, 3.05) is 0 Å². The van der Waals surface area contributed by atoms with Crippen LogP contribution in [0, 0.1) is 10.1 Å². The van der Waals surface area contributed by atoms with Gasteiger partial charge in [0, 0.05) is 25.4 Å². The van der Waals surface area contributed by atoms with Crippen LogP contribution in [0.2, 0.25) is 0 Å². The first-order valence-electron chi connectivity index (χ1n) is 5.80. The van der Waals surface area contributed by atoms with Crippen molar-refractivity contribution in [3.05, 3.63) is 72.7 Å². The van der Waals surface area contributed by atoms with E-state index in [1.54, 1.807) is 12.1 Å². The van der Waals surface area contributed by atoms with E-state index >= 15 is 0 Å². The van der Waals surface area contributed by atoms with E-state index in [1.807, 2.05) is 24.3 Å². The Kier molecular flexibility index (Phi) is 5.35. The maximum absolute atomic E-state index is 11.0. The molecule has 0 aromatic heterocycles. The number of alkyl halides is 1. The van der Waals surface area contributed by atoms with Crippen LogP contribution in [0.15, 0.2) is 51.4 Å². The van der Waals surface area contributed by atoms with Crippen molar-refractivity contribution in [3.63, 3.8) is 0 Å². The monoisotopic (exact) mass is 461 g/mol. The summed E-state index contributed by atoms with van der Waals surface area (Å²) in [7, 11) is 0. The zero-order chi connectivity index (χ0) is 14.7. The second-order valence-corrected chi connectivity index (χ2v) is 7.10. The van der Waals surface area contributed by atoms with Gasteiger partial charge in [0.1, 0.15) is 0 Å². The van der Waals surface area contributed by atoms with Gasteiger partial charge >= 0.3 is 0 Å². The Morgan fingerprint density at radius 2 is 1.85 bits per heavy atom. The number of para-hydroxylation sites is 1. The normalized spacial score (nSPS) is 12.2. The minimum Gasteiger partial charge on any atom is -0.258 e. The Bertz CT molecular complexity index is 646. The van der Waals surface area contributed by atoms with Gasteiger partial charge in [0.15, 0.2) is 0 Å². The first-order valence-corrected chi connectivity index (χ1v) is 8.30. The summed E-state index contributed by atoms with van der Waals surface area (Å²) in [4.78, 5) is 10.7. The zero-order valence-electron chi connectivity index (χ0n) is 10.2. The Hall–Kier alpha value is -0.720. The Balaban J connectivity index is 2.28. The fourth-order valence-electron chi connectivity index (χ4n) is 1.92. The number of hydrogen-bond donors (Lipinski definition) is 0. The quantitative estimate of drug-likeness (QED) is 0.327. The van der Waals surface area contributed by atoms with E-state index in [1.165, 1.54) is 6.07 Å². The third kappa shape index (κ3) is 3.68. The Morgan fingerprint density at radius 3 is 2.50 bits per heavy atom. The molecule has 3 nitrogen and oxygen atoms in total. The maximum Gasteiger partial charge on any atom is 0.272 e. The number of hydrogen-bond acceptors (Lipinski definition) is 2. The van der Waals surface area contributed by atoms with E-state index in [4.69, 9.17) is 0 Å². The van der Waals surface area contributed by atoms with Crippen LogP contribution >= 0.6 is 47.8 Å². The van der Waals surface area contributed by atoms with Crippen LogP contribution in [-0.2, 0) is 6.42 Å². The van der Waals surface area contributed by atoms with Crippen LogP contribution in [0.5, 0.6) is 0 Å². The van der Waals surface area contributed by atoms with Gasteiger partial charge < -0.3 is 0 Å². The summed E-state index contributed by atoms with van der Waals surface area (Å²) in [5.41, 5.74) is 1.94. The average molecular weight is 464 g/mol. The van der Waals surface area contributed by atoms with E-state index in [0.29, 0.717) is 12.0 Å². The van der Waals surface area contributed by atoms with Crippen molar-refractivity contribution in [1.82, 2.24) is 0 Å². The van der Waals surface area contributed by atoms with Gasteiger partial charge in [-0.3, -0.25) is 10.1 Å². The lowest BCUT2D eigenvalue weighted by molar-refractivity contribution is -0.385. The fraction of sp³-hybridized carbons (Fsp3) is 0.143. The molecular weight excluding hydrogens is 454 g/mol. The molecule has 0 aliphatic heterocycles. The van der Waals surface area contributed by atoms with Crippen LogP contribution in [0.1, 0.15) is 16.0 Å². The number of rotatable bonds is 4. The highest BCUT2D eigenvalue weighted by Gasteiger charge is 2.18. The standard InChI is InChI=1S/C14H10Br3NO2/c15-10-5-6-11(13(17)8-10)12(16)7-9-3-1-2-4-14(9)18(19)20/h1-6,8,12H,7H2. The highest BCUT2D eigenvalue weighted by atomic mass is 79.9. The number of nitro groups is 1. The molecule has 0 aliphatic carbocycles. The van der Waals surface area contributed by atoms with Crippen molar-refractivity contribution in [1.29, 1.82) is 0 Å². The van der Waals surface area contributed by atoms with Gasteiger partial charge in [0.05, 0.1) is 4.92 Å². The van der Waals surface area contributed by atoms with Crippen LogP contribution < -0.4 is 0 Å². The molecule has 0 amide bonds. The molecule has 0 radical (unpaired) electrons. The predicted octanol–water partition coefficient (Wildman–Crippen LogP) is 5.80. The third-order valence-corrected chi connectivity index (χ3v) is 4.88. The molecule has 1 atom stereocenters. The summed E-state index contributed by atoms with van der Waals surface area (Å²) in [6.45, 7) is 0. The molecule has 0 bridgehead atoms. The van der Waals surface area contributed by atoms with Gasteiger partial charge in [-0.1, -0.05) is 72.1 Å². The van der Waals surface area contributed by atoms with Gasteiger partial charge in [-0.25, -0.2) is 0 Å². The lowest BCUT2D eigenvalue weighted by Gasteiger charge is -2.13. The fourth-order valence-corrected chi connectivity index (χ4v) is 4.30. The lowest BCUT2D eigenvalue weighted by atomic mass is 10.0. The van der Waals surface area contributed by atoms with Crippen molar-refractivity contribution in [2.24, 2.45) is 0 Å². The van der Waals surface area contributed by atoms with Crippen LogP contribution in [0.25, 0.3) is 0 Å². The molecule has 2 aromatic carbocycles. The molecule has 0 spiro atoms. The Morgan fingerprint density at radius 1 is 1.15 bits per heavy atom. The van der Waals surface area contributed by atoms with Gasteiger partial charge in [-0.2, -0.15) is 0 Å². The van der Waals surface area contributed by atoms with Crippen molar-refractivity contribution < 1.29 is 4.92 Å². The molecule has 0 aliphatic rings. The van der Waals surface area contributed by atoms with E-state index in [0.717, 1.165) is 14.5 Å². The second-order valence-electron chi connectivity index (χ2n) is 4.22. The smallest absolute Gasteiger partial charge is 0.258 e. The minimum atomic E-state index is -0.342. The Labute approximate surface area is 141 Å². The van der Waals surface area contributed by atoms with Crippen LogP contribution in [0.3, 0.4) is 0 Å². The molecule has 20 heavy (non-hydrogen) atoms. The van der Waals surface area contributed by atoms with E-state index in [9.17, 15) is 10.1 Å². The first kappa shape index (κ1) is 15.7. The highest BCUT2D eigenvalue weighted by molar-refractivity contribution is 9.11. The predicted molar refractivity (Wildman–Crippen MR) is 90.3 cm³/mol. The lowest BCUT2D eigenvalue weighted by Crippen LogP contribution is -2.00. The summed E-state index contributed by atoms with van der Waals surface area (Å²) in [5.74, 6) is 0. The number of nitrogens with zero attached hydrogens (tertiary/aromatic N) is 1. The molecule has 2 rings (SSSR count). The maximum atomic E-state index is 11.0. The van der Waals surface area contributed by atoms with Gasteiger partial charge in [0.2, 0.25) is 0 Å². The number of benzene rings is 2. The number of halogens is 3. The first-order chi connectivity index (χ1) is 9.49. The summed E-state index contributed by atoms with van der Waals surface area (Å²) >= 11 is 10.5. The third-order valence-electron chi connectivity index (χ3n) is 2.89. The highest BCUT2D eigenvalue weighted by Crippen LogP contribution is 2.35. The summed E-state index contributed by atoms with van der Waals surface area (Å²) in [6, 6.07) is 12.7. The topological polar surface area (TPSA) is 43.1 Å². The molecule has 0 saturated heterocycles. The summed E-state index contributed by atoms with van der Waals surface area (Å²) in [5, 5.41) is 11.0. The summed E-state index contributed by atoms with van der Waals surface area (Å²) in [6.07, 6.45) is 0.553. The molecule has 0 heterocycles. The van der Waals surface area contributed by atoms with Gasteiger partial charge in [0.25, 0.3) is 5.69 Å². The van der Waals surface area contributed by atoms with Crippen molar-refractivity contribution in [2.45, 2.75) is 11.2 Å². The van der Waals surface area contributed by atoms with Gasteiger partial charge in [-0.15, -0.1) is 0 Å².